The summed E-state index contributed by atoms with van der Waals surface area (Å²) in [6.45, 7) is 0. The van der Waals surface area contributed by atoms with E-state index in [1.165, 1.54) is 7.96 Å². The van der Waals surface area contributed by atoms with Crippen molar-refractivity contribution >= 4 is 73.4 Å². The van der Waals surface area contributed by atoms with Crippen molar-refractivity contribution in [3.63, 3.8) is 0 Å². The van der Waals surface area contributed by atoms with E-state index in [2.05, 4.69) is 25.5 Å². The summed E-state index contributed by atoms with van der Waals surface area (Å²) >= 11 is -0.485. The number of ketones is 2. The van der Waals surface area contributed by atoms with E-state index in [9.17, 15) is 9.59 Å². The molecule has 0 saturated heterocycles. The number of hydrogen-bond donors (Lipinski definition) is 0. The Morgan fingerprint density at radius 2 is 1.79 bits per heavy atom. The van der Waals surface area contributed by atoms with Crippen LogP contribution in [0.1, 0.15) is 24.3 Å². The average molecular weight is 556 g/mol. The summed E-state index contributed by atoms with van der Waals surface area (Å²) in [6.07, 6.45) is 7.15. The first-order chi connectivity index (χ1) is 14.2. The Labute approximate surface area is 180 Å². The Morgan fingerprint density at radius 1 is 0.966 bits per heavy atom. The first-order valence-electron chi connectivity index (χ1n) is 8.90. The molecule has 0 bridgehead atoms. The molecule has 0 unspecified atom stereocenters. The molecule has 7 heteroatoms. The quantitative estimate of drug-likeness (QED) is 0.191. The van der Waals surface area contributed by atoms with Gasteiger partial charge in [0.05, 0.1) is 0 Å². The van der Waals surface area contributed by atoms with Gasteiger partial charge in [0, 0.05) is 0 Å². The van der Waals surface area contributed by atoms with Gasteiger partial charge in [0.25, 0.3) is 0 Å². The second-order valence-electron chi connectivity index (χ2n) is 6.70. The summed E-state index contributed by atoms with van der Waals surface area (Å²) in [4.78, 5) is 36.7. The van der Waals surface area contributed by atoms with Gasteiger partial charge in [-0.05, 0) is 0 Å². The van der Waals surface area contributed by atoms with Gasteiger partial charge in [-0.15, -0.1) is 0 Å². The van der Waals surface area contributed by atoms with Crippen molar-refractivity contribution in [2.45, 2.75) is 0 Å². The molecule has 4 aromatic heterocycles. The van der Waals surface area contributed by atoms with Crippen LogP contribution < -0.4 is 0 Å². The number of fused-ring (bicyclic) bond motifs is 3. The van der Waals surface area contributed by atoms with E-state index in [1.54, 1.807) is 18.5 Å². The van der Waals surface area contributed by atoms with Crippen LogP contribution in [0, 0.1) is 0 Å². The molecule has 0 amide bonds. The fourth-order valence-corrected chi connectivity index (χ4v) is 8.01. The molecule has 0 spiro atoms. The average Bonchev–Trinajstić information content (AvgIpc) is 3.50. The summed E-state index contributed by atoms with van der Waals surface area (Å²) < 4.78 is 5.47. The molecule has 0 fully saturated rings. The molecule has 0 aliphatic heterocycles. The number of nitrogens with zero attached hydrogens (tertiary/aromatic N) is 3. The van der Waals surface area contributed by atoms with Crippen LogP contribution >= 0.6 is 0 Å². The zero-order chi connectivity index (χ0) is 19.5. The van der Waals surface area contributed by atoms with Gasteiger partial charge in [0.2, 0.25) is 0 Å². The molecule has 0 saturated carbocycles. The molecule has 0 N–H and O–H groups in total. The molecule has 1 aliphatic carbocycles. The standard InChI is InChI=1S/C22H11N3O2SeTe/c26-20-14-9-12-4-8-28-18(12)11-15(14)21(27)16(20)10-13-1-2-19(29-13)25-7-3-17-22(25)24-6-5-23-17/h1-11H/b16-10-. The molecule has 5 aromatic rings. The van der Waals surface area contributed by atoms with Gasteiger partial charge in [0.15, 0.2) is 0 Å². The van der Waals surface area contributed by atoms with Crippen molar-refractivity contribution in [3.8, 4) is 3.70 Å². The monoisotopic (exact) mass is 559 g/mol. The number of carbonyl (C=O) groups excluding carboxylic acids is 2. The van der Waals surface area contributed by atoms with Gasteiger partial charge in [0.1, 0.15) is 0 Å². The molecule has 4 heterocycles. The third-order valence-electron chi connectivity index (χ3n) is 5.02. The van der Waals surface area contributed by atoms with E-state index < -0.39 is 20.4 Å². The van der Waals surface area contributed by atoms with E-state index in [-0.39, 0.29) is 26.1 Å². The van der Waals surface area contributed by atoms with Crippen LogP contribution in [0.25, 0.3) is 30.6 Å². The zero-order valence-electron chi connectivity index (χ0n) is 14.8. The molecule has 0 radical (unpaired) electrons. The number of rotatable bonds is 2. The molecule has 0 atom stereocenters. The molecule has 5 nitrogen and oxygen atoms in total. The van der Waals surface area contributed by atoms with Crippen LogP contribution in [0.15, 0.2) is 65.5 Å². The number of hydrogen-bond acceptors (Lipinski definition) is 4. The summed E-state index contributed by atoms with van der Waals surface area (Å²) in [7, 11) is 0. The molecule has 6 rings (SSSR count). The van der Waals surface area contributed by atoms with E-state index >= 15 is 0 Å². The van der Waals surface area contributed by atoms with Crippen molar-refractivity contribution in [1.29, 1.82) is 0 Å². The van der Waals surface area contributed by atoms with Crippen molar-refractivity contribution in [1.82, 2.24) is 14.5 Å². The summed E-state index contributed by atoms with van der Waals surface area (Å²) in [5, 5.41) is 1.07. The normalized spacial score (nSPS) is 15.1. The van der Waals surface area contributed by atoms with Gasteiger partial charge < -0.3 is 0 Å². The van der Waals surface area contributed by atoms with E-state index in [4.69, 9.17) is 0 Å². The Kier molecular flexibility index (Phi) is 3.87. The minimum atomic E-state index is -0.737. The Hall–Kier alpha value is -2.55. The third kappa shape index (κ3) is 2.67. The molecule has 138 valence electrons. The molecule has 29 heavy (non-hydrogen) atoms. The Morgan fingerprint density at radius 3 is 2.69 bits per heavy atom. The van der Waals surface area contributed by atoms with E-state index in [1.807, 2.05) is 36.5 Å². The SMILES string of the molecule is O=C1/C(=C/c2ccc(-n3ccc4nccnc43)[te]2)C(=O)c2cc3[se]ccc3cc21. The number of aromatic nitrogens is 3. The third-order valence-corrected chi connectivity index (χ3v) is 9.81. The molecular formula is C22H11N3O2SeTe. The van der Waals surface area contributed by atoms with Crippen LogP contribution in [0.3, 0.4) is 0 Å². The predicted octanol–water partition coefficient (Wildman–Crippen LogP) is 3.15. The van der Waals surface area contributed by atoms with Crippen LogP contribution in [0.4, 0.5) is 0 Å². The van der Waals surface area contributed by atoms with Gasteiger partial charge in [-0.3, -0.25) is 0 Å². The van der Waals surface area contributed by atoms with Crippen molar-refractivity contribution < 1.29 is 9.59 Å². The van der Waals surface area contributed by atoms with Gasteiger partial charge in [-0.25, -0.2) is 0 Å². The van der Waals surface area contributed by atoms with Crippen LogP contribution in [0.2, 0.25) is 0 Å². The minimum absolute atomic E-state index is 0.144. The Bertz CT molecular complexity index is 1450. The maximum absolute atomic E-state index is 12.9. The number of Topliss-reactive ketones (excluding diaryl/α,β-unsaturated/α-hetero) is 2. The second-order valence-corrected chi connectivity index (χ2v) is 11.8. The van der Waals surface area contributed by atoms with Crippen molar-refractivity contribution in [2.75, 3.05) is 0 Å². The zero-order valence-corrected chi connectivity index (χ0v) is 18.9. The first-order valence-corrected chi connectivity index (χ1v) is 13.1. The fourth-order valence-electron chi connectivity index (χ4n) is 3.64. The van der Waals surface area contributed by atoms with Gasteiger partial charge in [-0.2, -0.15) is 0 Å². The number of carbonyl (C=O) groups is 2. The first kappa shape index (κ1) is 17.3. The van der Waals surface area contributed by atoms with E-state index in [0.717, 1.165) is 20.1 Å². The molecular weight excluding hydrogens is 545 g/mol. The van der Waals surface area contributed by atoms with Gasteiger partial charge in [-0.1, -0.05) is 0 Å². The maximum atomic E-state index is 12.9. The Balaban J connectivity index is 1.41. The van der Waals surface area contributed by atoms with Crippen molar-refractivity contribution in [3.05, 3.63) is 80.2 Å². The summed E-state index contributed by atoms with van der Waals surface area (Å²) in [6, 6.07) is 11.9. The van der Waals surface area contributed by atoms with Crippen LogP contribution in [-0.2, 0) is 0 Å². The van der Waals surface area contributed by atoms with Crippen molar-refractivity contribution in [2.24, 2.45) is 0 Å². The second kappa shape index (κ2) is 6.48. The fraction of sp³-hybridized carbons (Fsp3) is 0. The van der Waals surface area contributed by atoms with Crippen LogP contribution in [0.5, 0.6) is 0 Å². The number of allylic oxidation sites excluding steroid dienone is 1. The topological polar surface area (TPSA) is 64.8 Å². The van der Waals surface area contributed by atoms with E-state index in [0.29, 0.717) is 16.7 Å². The van der Waals surface area contributed by atoms with Gasteiger partial charge >= 0.3 is 181 Å². The number of benzene rings is 1. The predicted molar refractivity (Wildman–Crippen MR) is 113 cm³/mol. The summed E-state index contributed by atoms with van der Waals surface area (Å²) in [5.41, 5.74) is 3.08. The van der Waals surface area contributed by atoms with Crippen LogP contribution in [-0.4, -0.2) is 61.0 Å². The summed E-state index contributed by atoms with van der Waals surface area (Å²) in [5.74, 6) is -0.297. The molecule has 1 aliphatic rings. The molecule has 1 aromatic carbocycles.